The normalized spacial score (nSPS) is 19.5. The summed E-state index contributed by atoms with van der Waals surface area (Å²) in [6.07, 6.45) is -1.86. The highest BCUT2D eigenvalue weighted by Crippen LogP contribution is 2.20. The van der Waals surface area contributed by atoms with Crippen LogP contribution in [0, 0.1) is 5.92 Å². The maximum absolute atomic E-state index is 12.6. The van der Waals surface area contributed by atoms with Crippen LogP contribution in [0.3, 0.4) is 0 Å². The summed E-state index contributed by atoms with van der Waals surface area (Å²) in [6, 6.07) is 0. The minimum Gasteiger partial charge on any atom is -0.382 e. The topological polar surface area (TPSA) is 41.6 Å². The van der Waals surface area contributed by atoms with E-state index in [9.17, 15) is 18.0 Å². The predicted molar refractivity (Wildman–Crippen MR) is 74.0 cm³/mol. The molecule has 0 aromatic heterocycles. The third-order valence-corrected chi connectivity index (χ3v) is 3.51. The van der Waals surface area contributed by atoms with Crippen LogP contribution in [0.2, 0.25) is 0 Å². The Morgan fingerprint density at radius 2 is 2.19 bits per heavy atom. The number of carbonyl (C=O) groups excluding carboxylic acids is 1. The van der Waals surface area contributed by atoms with Gasteiger partial charge in [0, 0.05) is 26.2 Å². The van der Waals surface area contributed by atoms with E-state index >= 15 is 0 Å². The Morgan fingerprint density at radius 3 is 2.76 bits per heavy atom. The lowest BCUT2D eigenvalue weighted by atomic mass is 9.95. The largest absolute Gasteiger partial charge is 0.406 e. The Kier molecular flexibility index (Phi) is 8.03. The monoisotopic (exact) mass is 310 g/mol. The maximum Gasteiger partial charge on any atom is 0.406 e. The average Bonchev–Trinajstić information content (AvgIpc) is 2.42. The molecule has 21 heavy (non-hydrogen) atoms. The first-order chi connectivity index (χ1) is 9.92. The van der Waals surface area contributed by atoms with Gasteiger partial charge in [-0.3, -0.25) is 4.79 Å². The highest BCUT2D eigenvalue weighted by atomic mass is 19.4. The molecule has 1 heterocycles. The van der Waals surface area contributed by atoms with Crippen molar-refractivity contribution in [1.29, 1.82) is 0 Å². The van der Waals surface area contributed by atoms with Crippen LogP contribution in [0.25, 0.3) is 0 Å². The van der Waals surface area contributed by atoms with Gasteiger partial charge in [-0.05, 0) is 45.2 Å². The highest BCUT2D eigenvalue weighted by Gasteiger charge is 2.33. The van der Waals surface area contributed by atoms with Crippen molar-refractivity contribution in [3.8, 4) is 0 Å². The number of amides is 1. The molecule has 0 saturated carbocycles. The van der Waals surface area contributed by atoms with Crippen molar-refractivity contribution >= 4 is 5.91 Å². The summed E-state index contributed by atoms with van der Waals surface area (Å²) in [7, 11) is 0. The van der Waals surface area contributed by atoms with E-state index in [1.54, 1.807) is 0 Å². The number of piperidine rings is 1. The molecule has 1 rings (SSSR count). The van der Waals surface area contributed by atoms with Crippen molar-refractivity contribution in [2.75, 3.05) is 39.4 Å². The van der Waals surface area contributed by atoms with E-state index in [1.165, 1.54) is 0 Å². The zero-order valence-corrected chi connectivity index (χ0v) is 12.5. The van der Waals surface area contributed by atoms with Crippen LogP contribution in [0.15, 0.2) is 0 Å². The summed E-state index contributed by atoms with van der Waals surface area (Å²) in [5.41, 5.74) is 0. The molecular formula is C14H25F3N2O2. The van der Waals surface area contributed by atoms with Crippen molar-refractivity contribution in [2.24, 2.45) is 5.92 Å². The van der Waals surface area contributed by atoms with E-state index in [1.807, 2.05) is 6.92 Å². The molecule has 0 aliphatic carbocycles. The molecule has 1 fully saturated rings. The molecule has 0 spiro atoms. The van der Waals surface area contributed by atoms with E-state index in [2.05, 4.69) is 5.32 Å². The van der Waals surface area contributed by atoms with Crippen molar-refractivity contribution in [3.63, 3.8) is 0 Å². The fourth-order valence-corrected chi connectivity index (χ4v) is 2.48. The van der Waals surface area contributed by atoms with Crippen molar-refractivity contribution < 1.29 is 22.7 Å². The first kappa shape index (κ1) is 18.2. The van der Waals surface area contributed by atoms with Gasteiger partial charge in [-0.2, -0.15) is 13.2 Å². The first-order valence-corrected chi connectivity index (χ1v) is 7.55. The maximum atomic E-state index is 12.6. The molecule has 1 unspecified atom stereocenters. The Bertz CT molecular complexity index is 305. The Labute approximate surface area is 124 Å². The van der Waals surface area contributed by atoms with Crippen LogP contribution in [0.1, 0.15) is 32.6 Å². The molecule has 1 atom stereocenters. The minimum atomic E-state index is -4.36. The van der Waals surface area contributed by atoms with Gasteiger partial charge in [0.1, 0.15) is 6.54 Å². The molecule has 1 N–H and O–H groups in total. The molecular weight excluding hydrogens is 285 g/mol. The lowest BCUT2D eigenvalue weighted by Crippen LogP contribution is -2.42. The van der Waals surface area contributed by atoms with Crippen LogP contribution in [0.4, 0.5) is 13.2 Å². The Hall–Kier alpha value is -0.820. The van der Waals surface area contributed by atoms with Gasteiger partial charge in [-0.25, -0.2) is 0 Å². The second-order valence-corrected chi connectivity index (χ2v) is 5.40. The van der Waals surface area contributed by atoms with Crippen molar-refractivity contribution in [1.82, 2.24) is 10.2 Å². The fourth-order valence-electron chi connectivity index (χ4n) is 2.48. The van der Waals surface area contributed by atoms with Crippen LogP contribution in [-0.4, -0.2) is 56.4 Å². The van der Waals surface area contributed by atoms with Gasteiger partial charge in [0.05, 0.1) is 0 Å². The van der Waals surface area contributed by atoms with E-state index in [-0.39, 0.29) is 18.9 Å². The SMILES string of the molecule is CCOCCCN(CC(F)(F)F)C(=O)CC1CCCNC1. The first-order valence-electron chi connectivity index (χ1n) is 7.55. The van der Waals surface area contributed by atoms with Gasteiger partial charge < -0.3 is 15.0 Å². The number of nitrogens with zero attached hydrogens (tertiary/aromatic N) is 1. The lowest BCUT2D eigenvalue weighted by Gasteiger charge is -2.28. The number of ether oxygens (including phenoxy) is 1. The van der Waals surface area contributed by atoms with Crippen LogP contribution >= 0.6 is 0 Å². The van der Waals surface area contributed by atoms with Crippen LogP contribution in [0.5, 0.6) is 0 Å². The molecule has 1 amide bonds. The van der Waals surface area contributed by atoms with Gasteiger partial charge in [0.2, 0.25) is 5.91 Å². The molecule has 124 valence electrons. The highest BCUT2D eigenvalue weighted by molar-refractivity contribution is 5.76. The third kappa shape index (κ3) is 8.26. The summed E-state index contributed by atoms with van der Waals surface area (Å²) in [4.78, 5) is 13.0. The Morgan fingerprint density at radius 1 is 1.43 bits per heavy atom. The average molecular weight is 310 g/mol. The van der Waals surface area contributed by atoms with Crippen LogP contribution in [-0.2, 0) is 9.53 Å². The second kappa shape index (κ2) is 9.25. The molecule has 1 aliphatic rings. The smallest absolute Gasteiger partial charge is 0.382 e. The number of hydrogen-bond donors (Lipinski definition) is 1. The number of halogens is 3. The lowest BCUT2D eigenvalue weighted by molar-refractivity contribution is -0.162. The molecule has 4 nitrogen and oxygen atoms in total. The second-order valence-electron chi connectivity index (χ2n) is 5.40. The summed E-state index contributed by atoms with van der Waals surface area (Å²) in [5.74, 6) is -0.258. The zero-order chi connectivity index (χ0) is 15.7. The van der Waals surface area contributed by atoms with E-state index in [0.29, 0.717) is 26.2 Å². The quantitative estimate of drug-likeness (QED) is 0.699. The van der Waals surface area contributed by atoms with Crippen molar-refractivity contribution in [2.45, 2.75) is 38.8 Å². The van der Waals surface area contributed by atoms with Gasteiger partial charge >= 0.3 is 6.18 Å². The summed E-state index contributed by atoms with van der Waals surface area (Å²) < 4.78 is 42.9. The van der Waals surface area contributed by atoms with Gasteiger partial charge in [0.15, 0.2) is 0 Å². The van der Waals surface area contributed by atoms with Gasteiger partial charge in [0.25, 0.3) is 0 Å². The molecule has 0 aromatic carbocycles. The Balaban J connectivity index is 2.46. The van der Waals surface area contributed by atoms with Crippen LogP contribution < -0.4 is 5.32 Å². The minimum absolute atomic E-state index is 0.0957. The van der Waals surface area contributed by atoms with E-state index in [0.717, 1.165) is 24.3 Å². The zero-order valence-electron chi connectivity index (χ0n) is 12.5. The number of alkyl halides is 3. The number of nitrogens with one attached hydrogen (secondary N) is 1. The molecule has 1 aliphatic heterocycles. The summed E-state index contributed by atoms with van der Waals surface area (Å²) >= 11 is 0. The summed E-state index contributed by atoms with van der Waals surface area (Å²) in [6.45, 7) is 3.30. The molecule has 1 saturated heterocycles. The molecule has 0 aromatic rings. The van der Waals surface area contributed by atoms with Gasteiger partial charge in [-0.1, -0.05) is 0 Å². The number of rotatable bonds is 8. The molecule has 0 bridgehead atoms. The molecule has 7 heteroatoms. The third-order valence-electron chi connectivity index (χ3n) is 3.51. The number of carbonyl (C=O) groups is 1. The van der Waals surface area contributed by atoms with E-state index < -0.39 is 18.6 Å². The molecule has 0 radical (unpaired) electrons. The fraction of sp³-hybridized carbons (Fsp3) is 0.929. The number of hydrogen-bond acceptors (Lipinski definition) is 3. The standard InChI is InChI=1S/C14H25F3N2O2/c1-2-21-8-4-7-19(11-14(15,16)17)13(20)9-12-5-3-6-18-10-12/h12,18H,2-11H2,1H3. The van der Waals surface area contributed by atoms with Crippen molar-refractivity contribution in [3.05, 3.63) is 0 Å². The predicted octanol–water partition coefficient (Wildman–Crippen LogP) is 2.19. The summed E-state index contributed by atoms with van der Waals surface area (Å²) in [5, 5.41) is 3.17. The van der Waals surface area contributed by atoms with Gasteiger partial charge in [-0.15, -0.1) is 0 Å². The van der Waals surface area contributed by atoms with E-state index in [4.69, 9.17) is 4.74 Å².